The molecule has 172 valence electrons. The first-order valence-electron chi connectivity index (χ1n) is 9.17. The van der Waals surface area contributed by atoms with Crippen LogP contribution >= 0.6 is 12.8 Å². The van der Waals surface area contributed by atoms with Gasteiger partial charge in [-0.05, 0) is 5.53 Å². The number of hydrogen-bond acceptors (Lipinski definition) is 10. The maximum atomic E-state index is 11.8. The van der Waals surface area contributed by atoms with Gasteiger partial charge < -0.3 is 29.0 Å². The Morgan fingerprint density at radius 1 is 1.13 bits per heavy atom. The highest BCUT2D eigenvalue weighted by Crippen LogP contribution is 2.28. The molecular formula is C17H25N5O8S. The van der Waals surface area contributed by atoms with Gasteiger partial charge in [-0.3, -0.25) is 19.2 Å². The number of esters is 2. The van der Waals surface area contributed by atoms with E-state index in [4.69, 9.17) is 24.5 Å². The number of ether oxygens (including phenoxy) is 4. The Balaban J connectivity index is 3.14. The average molecular weight is 459 g/mol. The summed E-state index contributed by atoms with van der Waals surface area (Å²) in [5, 5.41) is 6.02. The molecule has 5 unspecified atom stereocenters. The summed E-state index contributed by atoms with van der Waals surface area (Å²) in [4.78, 5) is 48.9. The van der Waals surface area contributed by atoms with Crippen molar-refractivity contribution >= 4 is 36.6 Å². The van der Waals surface area contributed by atoms with E-state index in [1.807, 2.05) is 0 Å². The number of rotatable bonds is 10. The second-order valence-corrected chi connectivity index (χ2v) is 6.60. The zero-order chi connectivity index (χ0) is 23.4. The fourth-order valence-corrected chi connectivity index (χ4v) is 2.91. The standard InChI is InChI=1S/C17H25N5O8S/c1-9(23)20-14-16(29-11(3)25)15(28-10(2)24)12(8-19-22-18)30-17(14)27-7-5-4-6-13(26)21-31/h4-5,12,14-17,31H,6-8H2,1-3H3,(H,20,23)(H,21,26)/b5-4-. The highest BCUT2D eigenvalue weighted by Gasteiger charge is 2.50. The van der Waals surface area contributed by atoms with Crippen molar-refractivity contribution in [2.75, 3.05) is 13.2 Å². The van der Waals surface area contributed by atoms with Crippen molar-refractivity contribution in [3.8, 4) is 0 Å². The summed E-state index contributed by atoms with van der Waals surface area (Å²) < 4.78 is 24.2. The SMILES string of the molecule is CC(=O)NC1C(OC/C=C\CC(=O)NS)OC(CN=[N+]=[N-])C(OC(C)=O)C1OC(C)=O. The first kappa shape index (κ1) is 26.2. The normalized spacial score (nSPS) is 25.2. The van der Waals surface area contributed by atoms with E-state index >= 15 is 0 Å². The summed E-state index contributed by atoms with van der Waals surface area (Å²) in [5.41, 5.74) is 8.65. The summed E-state index contributed by atoms with van der Waals surface area (Å²) in [6, 6.07) is -1.04. The highest BCUT2D eigenvalue weighted by atomic mass is 32.1. The molecule has 0 aromatic carbocycles. The molecule has 1 saturated heterocycles. The minimum atomic E-state index is -1.18. The number of thiol groups is 1. The van der Waals surface area contributed by atoms with Gasteiger partial charge in [0.15, 0.2) is 18.5 Å². The van der Waals surface area contributed by atoms with Crippen LogP contribution in [0.25, 0.3) is 10.4 Å². The molecule has 0 bridgehead atoms. The van der Waals surface area contributed by atoms with Gasteiger partial charge in [0, 0.05) is 32.1 Å². The van der Waals surface area contributed by atoms with Crippen molar-refractivity contribution in [2.45, 2.75) is 57.8 Å². The molecule has 0 saturated carbocycles. The number of carbonyl (C=O) groups excluding carboxylic acids is 4. The van der Waals surface area contributed by atoms with Crippen LogP contribution < -0.4 is 10.0 Å². The molecule has 0 radical (unpaired) electrons. The van der Waals surface area contributed by atoms with E-state index in [9.17, 15) is 19.2 Å². The van der Waals surface area contributed by atoms with Crippen molar-refractivity contribution in [2.24, 2.45) is 5.11 Å². The van der Waals surface area contributed by atoms with Crippen LogP contribution in [-0.4, -0.2) is 67.5 Å². The predicted octanol–water partition coefficient (Wildman–Crippen LogP) is 0.314. The minimum absolute atomic E-state index is 0.0279. The monoisotopic (exact) mass is 459 g/mol. The van der Waals surface area contributed by atoms with E-state index in [1.54, 1.807) is 6.08 Å². The van der Waals surface area contributed by atoms with E-state index in [0.717, 1.165) is 13.8 Å². The van der Waals surface area contributed by atoms with Gasteiger partial charge in [0.05, 0.1) is 13.2 Å². The van der Waals surface area contributed by atoms with E-state index in [0.29, 0.717) is 0 Å². The number of azide groups is 1. The van der Waals surface area contributed by atoms with Gasteiger partial charge in [-0.1, -0.05) is 30.1 Å². The summed E-state index contributed by atoms with van der Waals surface area (Å²) >= 11 is 3.64. The zero-order valence-corrected chi connectivity index (χ0v) is 18.1. The average Bonchev–Trinajstić information content (AvgIpc) is 2.69. The highest BCUT2D eigenvalue weighted by molar-refractivity contribution is 7.78. The maximum absolute atomic E-state index is 11.8. The Bertz CT molecular complexity index is 742. The third kappa shape index (κ3) is 9.26. The van der Waals surface area contributed by atoms with E-state index in [-0.39, 0.29) is 25.5 Å². The molecule has 5 atom stereocenters. The molecule has 0 aliphatic carbocycles. The van der Waals surface area contributed by atoms with Crippen LogP contribution in [-0.2, 0) is 38.1 Å². The van der Waals surface area contributed by atoms with Crippen LogP contribution in [0, 0.1) is 0 Å². The van der Waals surface area contributed by atoms with Gasteiger partial charge in [0.25, 0.3) is 0 Å². The summed E-state index contributed by atoms with van der Waals surface area (Å²) in [5.74, 6) is -2.19. The molecule has 1 fully saturated rings. The Morgan fingerprint density at radius 2 is 1.77 bits per heavy atom. The quantitative estimate of drug-likeness (QED) is 0.104. The minimum Gasteiger partial charge on any atom is -0.456 e. The van der Waals surface area contributed by atoms with Crippen LogP contribution in [0.2, 0.25) is 0 Å². The maximum Gasteiger partial charge on any atom is 0.303 e. The summed E-state index contributed by atoms with van der Waals surface area (Å²) in [7, 11) is 0. The summed E-state index contributed by atoms with van der Waals surface area (Å²) in [6.45, 7) is 3.26. The molecule has 1 rings (SSSR count). The smallest absolute Gasteiger partial charge is 0.303 e. The molecule has 0 aromatic heterocycles. The third-order valence-electron chi connectivity index (χ3n) is 3.90. The second-order valence-electron chi connectivity index (χ2n) is 6.37. The van der Waals surface area contributed by atoms with Crippen LogP contribution in [0.15, 0.2) is 17.3 Å². The van der Waals surface area contributed by atoms with Crippen molar-refractivity contribution in [3.05, 3.63) is 22.6 Å². The first-order chi connectivity index (χ1) is 14.7. The topological polar surface area (TPSA) is 178 Å². The largest absolute Gasteiger partial charge is 0.456 e. The number of nitrogens with one attached hydrogen (secondary N) is 2. The molecule has 31 heavy (non-hydrogen) atoms. The van der Waals surface area contributed by atoms with Crippen LogP contribution in [0.1, 0.15) is 27.2 Å². The van der Waals surface area contributed by atoms with Gasteiger partial charge in [0.1, 0.15) is 12.1 Å². The molecule has 2 amide bonds. The lowest BCUT2D eigenvalue weighted by atomic mass is 9.95. The first-order valence-corrected chi connectivity index (χ1v) is 9.61. The Labute approximate surface area is 184 Å². The molecule has 13 nitrogen and oxygen atoms in total. The number of hydrogen-bond donors (Lipinski definition) is 3. The molecule has 14 heteroatoms. The molecule has 1 aliphatic rings. The molecule has 2 N–H and O–H groups in total. The zero-order valence-electron chi connectivity index (χ0n) is 17.2. The Kier molecular flexibility index (Phi) is 11.4. The van der Waals surface area contributed by atoms with Crippen LogP contribution in [0.3, 0.4) is 0 Å². The van der Waals surface area contributed by atoms with E-state index < -0.39 is 48.5 Å². The van der Waals surface area contributed by atoms with Crippen molar-refractivity contribution in [1.82, 2.24) is 10.0 Å². The lowest BCUT2D eigenvalue weighted by Crippen LogP contribution is -2.66. The number of carbonyl (C=O) groups is 4. The number of amides is 2. The van der Waals surface area contributed by atoms with Crippen LogP contribution in [0.4, 0.5) is 0 Å². The van der Waals surface area contributed by atoms with Gasteiger partial charge >= 0.3 is 11.9 Å². The van der Waals surface area contributed by atoms with E-state index in [1.165, 1.54) is 13.0 Å². The molecule has 0 aromatic rings. The molecule has 1 heterocycles. The van der Waals surface area contributed by atoms with Gasteiger partial charge in [0.2, 0.25) is 11.8 Å². The lowest BCUT2D eigenvalue weighted by Gasteiger charge is -2.44. The number of nitrogens with zero attached hydrogens (tertiary/aromatic N) is 3. The van der Waals surface area contributed by atoms with Crippen LogP contribution in [0.5, 0.6) is 0 Å². The van der Waals surface area contributed by atoms with Gasteiger partial charge in [-0.2, -0.15) is 0 Å². The summed E-state index contributed by atoms with van der Waals surface area (Å²) in [6.07, 6.45) is -1.37. The Hall–Kier alpha value is -2.80. The third-order valence-corrected chi connectivity index (χ3v) is 4.15. The van der Waals surface area contributed by atoms with Crippen molar-refractivity contribution in [3.63, 3.8) is 0 Å². The lowest BCUT2D eigenvalue weighted by molar-refractivity contribution is -0.266. The van der Waals surface area contributed by atoms with Crippen molar-refractivity contribution < 1.29 is 38.1 Å². The fourth-order valence-electron chi connectivity index (χ4n) is 2.82. The van der Waals surface area contributed by atoms with E-state index in [2.05, 4.69) is 32.9 Å². The second kappa shape index (κ2) is 13.5. The molecule has 0 spiro atoms. The van der Waals surface area contributed by atoms with Gasteiger partial charge in [-0.15, -0.1) is 0 Å². The van der Waals surface area contributed by atoms with Crippen molar-refractivity contribution in [1.29, 1.82) is 0 Å². The fraction of sp³-hybridized carbons (Fsp3) is 0.647. The molecule has 1 aliphatic heterocycles. The Morgan fingerprint density at radius 3 is 2.32 bits per heavy atom. The molecular weight excluding hydrogens is 434 g/mol. The predicted molar refractivity (Wildman–Crippen MR) is 108 cm³/mol. The van der Waals surface area contributed by atoms with Gasteiger partial charge in [-0.25, -0.2) is 0 Å².